The maximum absolute atomic E-state index is 12.8. The van der Waals surface area contributed by atoms with Gasteiger partial charge in [0.05, 0.1) is 29.1 Å². The van der Waals surface area contributed by atoms with Crippen molar-refractivity contribution < 1.29 is 27.5 Å². The van der Waals surface area contributed by atoms with Crippen molar-refractivity contribution in [3.63, 3.8) is 0 Å². The monoisotopic (exact) mass is 422 g/mol. The normalized spacial score (nSPS) is 15.5. The Balaban J connectivity index is 2.90. The number of rotatable bonds is 6. The van der Waals surface area contributed by atoms with Gasteiger partial charge in [0.25, 0.3) is 0 Å². The molecule has 0 aliphatic heterocycles. The number of anilines is 1. The zero-order chi connectivity index (χ0) is 21.9. The zero-order valence-electron chi connectivity index (χ0n) is 16.5. The number of nitrogens with one attached hydrogen (secondary N) is 1. The molecule has 1 rings (SSSR count). The van der Waals surface area contributed by atoms with E-state index in [4.69, 9.17) is 22.1 Å². The first kappa shape index (κ1) is 24.2. The van der Waals surface area contributed by atoms with Gasteiger partial charge < -0.3 is 15.8 Å². The van der Waals surface area contributed by atoms with E-state index >= 15 is 0 Å². The van der Waals surface area contributed by atoms with E-state index in [1.807, 2.05) is 0 Å². The van der Waals surface area contributed by atoms with Crippen LogP contribution < -0.4 is 11.1 Å². The number of carbonyl (C=O) groups is 2. The molecule has 0 saturated carbocycles. The molecule has 0 aliphatic carbocycles. The van der Waals surface area contributed by atoms with Crippen molar-refractivity contribution in [2.45, 2.75) is 64.8 Å². The lowest BCUT2D eigenvalue weighted by atomic mass is 9.97. The minimum atomic E-state index is -4.59. The summed E-state index contributed by atoms with van der Waals surface area (Å²) in [5.41, 5.74) is 5.62. The van der Waals surface area contributed by atoms with Crippen molar-refractivity contribution in [1.82, 2.24) is 0 Å². The Kier molecular flexibility index (Phi) is 7.91. The van der Waals surface area contributed by atoms with Gasteiger partial charge in [0.2, 0.25) is 5.91 Å². The van der Waals surface area contributed by atoms with Gasteiger partial charge in [0, 0.05) is 0 Å². The van der Waals surface area contributed by atoms with Gasteiger partial charge in [-0.2, -0.15) is 13.2 Å². The summed E-state index contributed by atoms with van der Waals surface area (Å²) in [6, 6.07) is 2.90. The van der Waals surface area contributed by atoms with Gasteiger partial charge in [-0.05, 0) is 44.4 Å². The van der Waals surface area contributed by atoms with E-state index < -0.39 is 29.6 Å². The largest absolute Gasteiger partial charge is 0.460 e. The maximum atomic E-state index is 12.8. The van der Waals surface area contributed by atoms with Crippen LogP contribution in [0, 0.1) is 5.92 Å². The van der Waals surface area contributed by atoms with Gasteiger partial charge in [0.15, 0.2) is 0 Å². The maximum Gasteiger partial charge on any atom is 0.393 e. The van der Waals surface area contributed by atoms with E-state index in [9.17, 15) is 22.8 Å². The molecule has 0 heterocycles. The molecule has 0 fully saturated rings. The van der Waals surface area contributed by atoms with Gasteiger partial charge in [0.1, 0.15) is 5.60 Å². The average Bonchev–Trinajstić information content (AvgIpc) is 2.52. The fraction of sp³-hybridized carbons (Fsp3) is 0.579. The predicted molar refractivity (Wildman–Crippen MR) is 102 cm³/mol. The number of hydrogen-bond acceptors (Lipinski definition) is 4. The first-order valence-corrected chi connectivity index (χ1v) is 9.14. The van der Waals surface area contributed by atoms with Crippen molar-refractivity contribution >= 4 is 29.2 Å². The zero-order valence-corrected chi connectivity index (χ0v) is 17.2. The number of esters is 1. The number of alkyl halides is 3. The third kappa shape index (κ3) is 7.31. The highest BCUT2D eigenvalue weighted by atomic mass is 35.5. The number of ether oxygens (including phenoxy) is 1. The summed E-state index contributed by atoms with van der Waals surface area (Å²) in [6.45, 7) is 7.91. The highest BCUT2D eigenvalue weighted by Crippen LogP contribution is 2.31. The van der Waals surface area contributed by atoms with Crippen molar-refractivity contribution in [2.24, 2.45) is 11.7 Å². The molecule has 0 aromatic heterocycles. The molecule has 5 nitrogen and oxygen atoms in total. The highest BCUT2D eigenvalue weighted by molar-refractivity contribution is 6.33. The molecule has 1 aromatic rings. The first-order valence-electron chi connectivity index (χ1n) is 8.76. The molecule has 0 aliphatic rings. The summed E-state index contributed by atoms with van der Waals surface area (Å²) in [6.07, 6.45) is -4.50. The number of benzene rings is 1. The van der Waals surface area contributed by atoms with E-state index in [0.29, 0.717) is 5.56 Å². The van der Waals surface area contributed by atoms with Crippen LogP contribution in [0.3, 0.4) is 0 Å². The lowest BCUT2D eigenvalue weighted by molar-refractivity contribution is -0.176. The molecule has 3 atom stereocenters. The van der Waals surface area contributed by atoms with Crippen LogP contribution in [0.1, 0.15) is 52.5 Å². The van der Waals surface area contributed by atoms with E-state index in [1.165, 1.54) is 12.1 Å². The highest BCUT2D eigenvalue weighted by Gasteiger charge is 2.42. The lowest BCUT2D eigenvalue weighted by Crippen LogP contribution is -2.46. The van der Waals surface area contributed by atoms with Crippen LogP contribution in [0.15, 0.2) is 18.2 Å². The van der Waals surface area contributed by atoms with Crippen LogP contribution in [0.2, 0.25) is 5.02 Å². The molecule has 9 heteroatoms. The fourth-order valence-corrected chi connectivity index (χ4v) is 2.51. The predicted octanol–water partition coefficient (Wildman–Crippen LogP) is 4.64. The number of hydrogen-bond donors (Lipinski definition) is 2. The second-order valence-corrected chi connectivity index (χ2v) is 8.18. The molecule has 3 N–H and O–H groups in total. The third-order valence-corrected chi connectivity index (χ3v) is 4.40. The standard InChI is InChI=1S/C19H26ClF3N2O3/c1-10(8-15(26)28-18(3,4)5)12-6-7-13(20)14(9-12)25-17(27)16(24)11(2)19(21,22)23/h6-7,9-11,16H,8,24H2,1-5H3,(H,25,27)/t10-,11?,16?/m1/s1. The molecular weight excluding hydrogens is 397 g/mol. The van der Waals surface area contributed by atoms with Crippen LogP contribution in [0.5, 0.6) is 0 Å². The summed E-state index contributed by atoms with van der Waals surface area (Å²) < 4.78 is 43.6. The van der Waals surface area contributed by atoms with E-state index in [2.05, 4.69) is 5.32 Å². The minimum Gasteiger partial charge on any atom is -0.460 e. The molecule has 0 spiro atoms. The van der Waals surface area contributed by atoms with Crippen molar-refractivity contribution in [3.8, 4) is 0 Å². The summed E-state index contributed by atoms with van der Waals surface area (Å²) >= 11 is 6.04. The quantitative estimate of drug-likeness (QED) is 0.654. The molecule has 0 radical (unpaired) electrons. The van der Waals surface area contributed by atoms with Gasteiger partial charge >= 0.3 is 12.1 Å². The van der Waals surface area contributed by atoms with Crippen LogP contribution in [0.25, 0.3) is 0 Å². The number of halogens is 4. The molecular formula is C19H26ClF3N2O3. The number of nitrogens with two attached hydrogens (primary N) is 1. The molecule has 0 bridgehead atoms. The second kappa shape index (κ2) is 9.13. The summed E-state index contributed by atoms with van der Waals surface area (Å²) in [5.74, 6) is -3.66. The Labute approximate surface area is 167 Å². The van der Waals surface area contributed by atoms with E-state index in [-0.39, 0.29) is 29.0 Å². The first-order chi connectivity index (χ1) is 12.6. The Hall–Kier alpha value is -1.80. The molecule has 158 valence electrons. The molecule has 1 aromatic carbocycles. The van der Waals surface area contributed by atoms with Crippen molar-refractivity contribution in [3.05, 3.63) is 28.8 Å². The lowest BCUT2D eigenvalue weighted by Gasteiger charge is -2.23. The van der Waals surface area contributed by atoms with Crippen LogP contribution in [-0.4, -0.2) is 29.7 Å². The second-order valence-electron chi connectivity index (χ2n) is 7.78. The summed E-state index contributed by atoms with van der Waals surface area (Å²) in [7, 11) is 0. The Morgan fingerprint density at radius 1 is 1.21 bits per heavy atom. The van der Waals surface area contributed by atoms with Crippen LogP contribution in [0.4, 0.5) is 18.9 Å². The van der Waals surface area contributed by atoms with Gasteiger partial charge in [-0.15, -0.1) is 0 Å². The fourth-order valence-electron chi connectivity index (χ4n) is 2.34. The minimum absolute atomic E-state index is 0.0942. The SMILES string of the molecule is CC(C(N)C(=O)Nc1cc([C@H](C)CC(=O)OC(C)(C)C)ccc1Cl)C(F)(F)F. The van der Waals surface area contributed by atoms with Crippen LogP contribution >= 0.6 is 11.6 Å². The molecule has 2 unspecified atom stereocenters. The Bertz CT molecular complexity index is 717. The Morgan fingerprint density at radius 3 is 2.29 bits per heavy atom. The van der Waals surface area contributed by atoms with Crippen molar-refractivity contribution in [1.29, 1.82) is 0 Å². The van der Waals surface area contributed by atoms with Gasteiger partial charge in [-0.1, -0.05) is 31.5 Å². The summed E-state index contributed by atoms with van der Waals surface area (Å²) in [4.78, 5) is 24.1. The average molecular weight is 423 g/mol. The van der Waals surface area contributed by atoms with Crippen LogP contribution in [-0.2, 0) is 14.3 Å². The van der Waals surface area contributed by atoms with Gasteiger partial charge in [-0.3, -0.25) is 9.59 Å². The Morgan fingerprint density at radius 2 is 1.79 bits per heavy atom. The van der Waals surface area contributed by atoms with E-state index in [0.717, 1.165) is 6.92 Å². The third-order valence-electron chi connectivity index (χ3n) is 4.07. The van der Waals surface area contributed by atoms with Gasteiger partial charge in [-0.25, -0.2) is 0 Å². The number of amides is 1. The number of carbonyl (C=O) groups excluding carboxylic acids is 2. The van der Waals surface area contributed by atoms with E-state index in [1.54, 1.807) is 33.8 Å². The van der Waals surface area contributed by atoms with Crippen molar-refractivity contribution in [2.75, 3.05) is 5.32 Å². The molecule has 0 saturated heterocycles. The molecule has 28 heavy (non-hydrogen) atoms. The topological polar surface area (TPSA) is 81.4 Å². The smallest absolute Gasteiger partial charge is 0.393 e. The summed E-state index contributed by atoms with van der Waals surface area (Å²) in [5, 5.41) is 2.48. The molecule has 1 amide bonds.